The second-order valence-electron chi connectivity index (χ2n) is 7.57. The number of carbonyl (C=O) groups is 2. The summed E-state index contributed by atoms with van der Waals surface area (Å²) in [5.41, 5.74) is 4.38. The molecule has 0 saturated heterocycles. The number of fused-ring (bicyclic) bond motifs is 1. The maximum absolute atomic E-state index is 13.2. The molecule has 4 rings (SSSR count). The number of hydrogen-bond acceptors (Lipinski definition) is 3. The highest BCUT2D eigenvalue weighted by molar-refractivity contribution is 5.80. The number of carbonyl (C=O) groups excluding carboxylic acids is 2. The van der Waals surface area contributed by atoms with Gasteiger partial charge in [0.1, 0.15) is 12.4 Å². The summed E-state index contributed by atoms with van der Waals surface area (Å²) in [5.74, 6) is 0.733. The van der Waals surface area contributed by atoms with E-state index in [-0.39, 0.29) is 24.5 Å². The van der Waals surface area contributed by atoms with Crippen LogP contribution < -0.4 is 10.1 Å². The Hall–Kier alpha value is -3.40. The summed E-state index contributed by atoms with van der Waals surface area (Å²) in [6, 6.07) is 25.8. The Balaban J connectivity index is 1.52. The molecule has 3 aromatic carbocycles. The molecule has 30 heavy (non-hydrogen) atoms. The number of nitrogens with one attached hydrogen (secondary N) is 1. The van der Waals surface area contributed by atoms with Crippen LogP contribution in [0.5, 0.6) is 5.75 Å². The van der Waals surface area contributed by atoms with Crippen molar-refractivity contribution >= 4 is 12.2 Å². The molecule has 0 aliphatic heterocycles. The van der Waals surface area contributed by atoms with E-state index in [2.05, 4.69) is 11.4 Å². The van der Waals surface area contributed by atoms with Crippen molar-refractivity contribution in [3.8, 4) is 5.75 Å². The van der Waals surface area contributed by atoms with Crippen molar-refractivity contribution in [2.24, 2.45) is 5.92 Å². The third-order valence-corrected chi connectivity index (χ3v) is 5.67. The van der Waals surface area contributed by atoms with Crippen LogP contribution in [-0.2, 0) is 22.4 Å². The number of rotatable bonds is 7. The van der Waals surface area contributed by atoms with Crippen LogP contribution in [0, 0.1) is 5.92 Å². The molecule has 1 atom stereocenters. The quantitative estimate of drug-likeness (QED) is 0.604. The van der Waals surface area contributed by atoms with Crippen molar-refractivity contribution < 1.29 is 14.3 Å². The van der Waals surface area contributed by atoms with Crippen molar-refractivity contribution in [2.75, 3.05) is 6.61 Å². The standard InChI is InChI=1S/C26H25NO3/c28-16-17-30-24-13-7-12-21-18-22(14-15-23(21)24)26(29)27-25(19-8-3-1-4-9-19)20-10-5-2-6-11-20/h1-13,16,22,25H,14-15,17-18H2,(H,27,29). The van der Waals surface area contributed by atoms with Gasteiger partial charge in [-0.1, -0.05) is 72.8 Å². The number of hydrogen-bond donors (Lipinski definition) is 1. The SMILES string of the molecule is O=CCOc1cccc2c1CCC(C(=O)NC(c1ccccc1)c1ccccc1)C2. The first-order valence-electron chi connectivity index (χ1n) is 10.3. The third kappa shape index (κ3) is 4.43. The summed E-state index contributed by atoms with van der Waals surface area (Å²) < 4.78 is 5.56. The van der Waals surface area contributed by atoms with E-state index in [9.17, 15) is 9.59 Å². The fourth-order valence-corrected chi connectivity index (χ4v) is 4.17. The summed E-state index contributed by atoms with van der Waals surface area (Å²) in [6.07, 6.45) is 2.96. The van der Waals surface area contributed by atoms with Crippen molar-refractivity contribution in [1.29, 1.82) is 0 Å². The molecule has 1 aliphatic carbocycles. The number of ether oxygens (including phenoxy) is 1. The fraction of sp³-hybridized carbons (Fsp3) is 0.231. The van der Waals surface area contributed by atoms with Crippen LogP contribution in [-0.4, -0.2) is 18.8 Å². The van der Waals surface area contributed by atoms with Gasteiger partial charge in [0.2, 0.25) is 5.91 Å². The van der Waals surface area contributed by atoms with Gasteiger partial charge in [-0.25, -0.2) is 0 Å². The van der Waals surface area contributed by atoms with Crippen LogP contribution in [0.15, 0.2) is 78.9 Å². The van der Waals surface area contributed by atoms with Gasteiger partial charge >= 0.3 is 0 Å². The monoisotopic (exact) mass is 399 g/mol. The zero-order chi connectivity index (χ0) is 20.8. The summed E-state index contributed by atoms with van der Waals surface area (Å²) in [6.45, 7) is 0.0518. The molecule has 1 amide bonds. The normalized spacial score (nSPS) is 15.3. The minimum absolute atomic E-state index is 0.0518. The van der Waals surface area contributed by atoms with Gasteiger partial charge in [0.15, 0.2) is 6.29 Å². The Morgan fingerprint density at radius 2 is 1.63 bits per heavy atom. The van der Waals surface area contributed by atoms with Gasteiger partial charge < -0.3 is 10.1 Å². The van der Waals surface area contributed by atoms with E-state index < -0.39 is 0 Å². The first-order chi connectivity index (χ1) is 14.8. The van der Waals surface area contributed by atoms with E-state index in [1.807, 2.05) is 72.8 Å². The minimum atomic E-state index is -0.177. The molecule has 4 heteroatoms. The van der Waals surface area contributed by atoms with Crippen LogP contribution in [0.4, 0.5) is 0 Å². The van der Waals surface area contributed by atoms with Crippen molar-refractivity contribution in [3.63, 3.8) is 0 Å². The summed E-state index contributed by atoms with van der Waals surface area (Å²) >= 11 is 0. The molecule has 0 spiro atoms. The molecule has 1 N–H and O–H groups in total. The summed E-state index contributed by atoms with van der Waals surface area (Å²) in [5, 5.41) is 3.28. The lowest BCUT2D eigenvalue weighted by Gasteiger charge is -2.28. The van der Waals surface area contributed by atoms with Crippen LogP contribution in [0.2, 0.25) is 0 Å². The molecular formula is C26H25NO3. The lowest BCUT2D eigenvalue weighted by Crippen LogP contribution is -2.37. The summed E-state index contributed by atoms with van der Waals surface area (Å²) in [7, 11) is 0. The molecule has 4 nitrogen and oxygen atoms in total. The van der Waals surface area contributed by atoms with Crippen molar-refractivity contribution in [1.82, 2.24) is 5.32 Å². The lowest BCUT2D eigenvalue weighted by molar-refractivity contribution is -0.125. The first kappa shape index (κ1) is 19.9. The van der Waals surface area contributed by atoms with Crippen LogP contribution >= 0.6 is 0 Å². The molecule has 0 radical (unpaired) electrons. The largest absolute Gasteiger partial charge is 0.486 e. The molecule has 1 aliphatic rings. The van der Waals surface area contributed by atoms with E-state index in [0.717, 1.165) is 47.1 Å². The van der Waals surface area contributed by atoms with E-state index in [0.29, 0.717) is 6.42 Å². The molecule has 0 heterocycles. The molecule has 1 unspecified atom stereocenters. The lowest BCUT2D eigenvalue weighted by atomic mass is 9.82. The highest BCUT2D eigenvalue weighted by Crippen LogP contribution is 2.33. The maximum atomic E-state index is 13.2. The van der Waals surface area contributed by atoms with Gasteiger partial charge in [0.25, 0.3) is 0 Å². The predicted octanol–water partition coefficient (Wildman–Crippen LogP) is 4.28. The zero-order valence-corrected chi connectivity index (χ0v) is 16.8. The Morgan fingerprint density at radius 1 is 0.967 bits per heavy atom. The molecule has 0 aromatic heterocycles. The van der Waals surface area contributed by atoms with Gasteiger partial charge in [0.05, 0.1) is 6.04 Å². The smallest absolute Gasteiger partial charge is 0.224 e. The van der Waals surface area contributed by atoms with Gasteiger partial charge in [-0.15, -0.1) is 0 Å². The van der Waals surface area contributed by atoms with Gasteiger partial charge in [-0.3, -0.25) is 9.59 Å². The maximum Gasteiger partial charge on any atom is 0.224 e. The number of benzene rings is 3. The van der Waals surface area contributed by atoms with E-state index in [4.69, 9.17) is 4.74 Å². The average molecular weight is 399 g/mol. The highest BCUT2D eigenvalue weighted by Gasteiger charge is 2.28. The number of aldehydes is 1. The Morgan fingerprint density at radius 3 is 2.27 bits per heavy atom. The van der Waals surface area contributed by atoms with Crippen molar-refractivity contribution in [2.45, 2.75) is 25.3 Å². The molecule has 152 valence electrons. The molecular weight excluding hydrogens is 374 g/mol. The third-order valence-electron chi connectivity index (χ3n) is 5.67. The molecule has 0 bridgehead atoms. The first-order valence-corrected chi connectivity index (χ1v) is 10.3. The van der Waals surface area contributed by atoms with Crippen molar-refractivity contribution in [3.05, 3.63) is 101 Å². The summed E-state index contributed by atoms with van der Waals surface area (Å²) in [4.78, 5) is 23.9. The van der Waals surface area contributed by atoms with Gasteiger partial charge in [-0.05, 0) is 47.6 Å². The minimum Gasteiger partial charge on any atom is -0.486 e. The predicted molar refractivity (Wildman–Crippen MR) is 116 cm³/mol. The Bertz CT molecular complexity index is 962. The van der Waals surface area contributed by atoms with E-state index in [1.54, 1.807) is 0 Å². The van der Waals surface area contributed by atoms with Gasteiger partial charge in [0, 0.05) is 5.92 Å². The second-order valence-corrected chi connectivity index (χ2v) is 7.57. The Kier molecular flexibility index (Phi) is 6.23. The number of amides is 1. The van der Waals surface area contributed by atoms with E-state index >= 15 is 0 Å². The van der Waals surface area contributed by atoms with Crippen LogP contribution in [0.1, 0.15) is 34.7 Å². The van der Waals surface area contributed by atoms with Crippen LogP contribution in [0.25, 0.3) is 0 Å². The van der Waals surface area contributed by atoms with Gasteiger partial charge in [-0.2, -0.15) is 0 Å². The Labute approximate surface area is 176 Å². The van der Waals surface area contributed by atoms with E-state index in [1.165, 1.54) is 0 Å². The topological polar surface area (TPSA) is 55.4 Å². The molecule has 0 saturated carbocycles. The fourth-order valence-electron chi connectivity index (χ4n) is 4.17. The molecule has 0 fully saturated rings. The highest BCUT2D eigenvalue weighted by atomic mass is 16.5. The zero-order valence-electron chi connectivity index (χ0n) is 16.8. The molecule has 3 aromatic rings. The average Bonchev–Trinajstić information content (AvgIpc) is 2.81. The van der Waals surface area contributed by atoms with Crippen LogP contribution in [0.3, 0.4) is 0 Å². The second kappa shape index (κ2) is 9.40.